The van der Waals surface area contributed by atoms with E-state index in [1.54, 1.807) is 22.8 Å². The maximum absolute atomic E-state index is 13.2. The highest BCUT2D eigenvalue weighted by atomic mass is 16.5. The number of benzene rings is 1. The Kier molecular flexibility index (Phi) is 7.18. The van der Waals surface area contributed by atoms with Crippen LogP contribution >= 0.6 is 0 Å². The minimum Gasteiger partial charge on any atom is -0.453 e. The van der Waals surface area contributed by atoms with Crippen molar-refractivity contribution >= 4 is 34.7 Å². The van der Waals surface area contributed by atoms with E-state index >= 15 is 0 Å². The Morgan fingerprint density at radius 1 is 1.18 bits per heavy atom. The quantitative estimate of drug-likeness (QED) is 0.172. The third kappa shape index (κ3) is 5.13. The molecule has 0 spiro atoms. The van der Waals surface area contributed by atoms with Crippen molar-refractivity contribution < 1.29 is 19.1 Å². The number of nitrogens with zero attached hydrogens (tertiary/aromatic N) is 7. The molecular weight excluding hydrogens is 490 g/mol. The molecule has 1 aromatic carbocycles. The normalized spacial score (nSPS) is 16.6. The van der Waals surface area contributed by atoms with Crippen LogP contribution in [-0.4, -0.2) is 84.9 Å². The highest BCUT2D eigenvalue weighted by molar-refractivity contribution is 6.10. The summed E-state index contributed by atoms with van der Waals surface area (Å²) in [4.78, 5) is 28.5. The molecule has 3 N–H and O–H groups in total. The molecule has 0 unspecified atom stereocenters. The largest absolute Gasteiger partial charge is 0.453 e. The molecule has 2 amide bonds. The van der Waals surface area contributed by atoms with E-state index in [9.17, 15) is 9.59 Å². The first-order valence-electron chi connectivity index (χ1n) is 12.2. The molecule has 0 atom stereocenters. The molecule has 0 saturated carbocycles. The number of aryl methyl sites for hydroxylation is 1. The van der Waals surface area contributed by atoms with Crippen LogP contribution in [0.3, 0.4) is 0 Å². The number of hydrogen-bond acceptors (Lipinski definition) is 9. The molecule has 0 aliphatic carbocycles. The second-order valence-corrected chi connectivity index (χ2v) is 9.06. The van der Waals surface area contributed by atoms with Gasteiger partial charge in [0.1, 0.15) is 6.04 Å². The number of ether oxygens (including phenoxy) is 2. The van der Waals surface area contributed by atoms with Crippen molar-refractivity contribution in [2.75, 3.05) is 56.7 Å². The zero-order valence-corrected chi connectivity index (χ0v) is 21.2. The number of aromatic nitrogens is 2. The number of nitrogens with two attached hydrogens (primary N) is 1. The van der Waals surface area contributed by atoms with Crippen molar-refractivity contribution in [3.8, 4) is 0 Å². The summed E-state index contributed by atoms with van der Waals surface area (Å²) in [6, 6.07) is 9.14. The number of carbonyl (C=O) groups is 2. The number of carbonyl (C=O) groups excluding carboxylic acids is 2. The number of hydrogen-bond donors (Lipinski definition) is 2. The average Bonchev–Trinajstić information content (AvgIpc) is 3.35. The molecule has 2 fully saturated rings. The van der Waals surface area contributed by atoms with E-state index in [4.69, 9.17) is 10.6 Å². The fraction of sp³-hybridized carbons (Fsp3) is 0.360. The molecule has 2 saturated heterocycles. The molecule has 2 aromatic heterocycles. The topological polar surface area (TPSA) is 152 Å². The number of likely N-dealkylation sites (tertiary alicyclic amines) is 1. The number of amides is 2. The number of azo groups is 1. The van der Waals surface area contributed by atoms with E-state index < -0.39 is 6.09 Å². The number of morpholine rings is 1. The summed E-state index contributed by atoms with van der Waals surface area (Å²) < 4.78 is 11.8. The number of pyridine rings is 1. The minimum absolute atomic E-state index is 0.158. The molecule has 5 rings (SSSR count). The second kappa shape index (κ2) is 10.8. The van der Waals surface area contributed by atoms with Gasteiger partial charge in [0.2, 0.25) is 0 Å². The van der Waals surface area contributed by atoms with Gasteiger partial charge in [0.15, 0.2) is 5.84 Å². The van der Waals surface area contributed by atoms with Crippen LogP contribution < -0.4 is 16.1 Å². The summed E-state index contributed by atoms with van der Waals surface area (Å²) in [7, 11) is 1.34. The Labute approximate surface area is 218 Å². The number of rotatable bonds is 5. The van der Waals surface area contributed by atoms with Crippen LogP contribution in [0.15, 0.2) is 58.1 Å². The summed E-state index contributed by atoms with van der Waals surface area (Å²) in [5.41, 5.74) is 4.23. The van der Waals surface area contributed by atoms with Crippen molar-refractivity contribution in [2.24, 2.45) is 21.2 Å². The summed E-state index contributed by atoms with van der Waals surface area (Å²) in [5.74, 6) is 5.51. The SMILES string of the molecule is COC(=O)N1CC(N=N/C(=N\N)c2ccc(C)c(NC(=O)c3cnn4cc(N5CCOCC5)ccc34)c2)C1. The Balaban J connectivity index is 1.29. The molecule has 13 heteroatoms. The predicted octanol–water partition coefficient (Wildman–Crippen LogP) is 2.25. The van der Waals surface area contributed by atoms with Crippen LogP contribution in [0.4, 0.5) is 16.2 Å². The molecule has 38 heavy (non-hydrogen) atoms. The van der Waals surface area contributed by atoms with Gasteiger partial charge >= 0.3 is 6.09 Å². The van der Waals surface area contributed by atoms with Gasteiger partial charge in [-0.15, -0.1) is 5.11 Å². The molecule has 198 valence electrons. The third-order valence-corrected chi connectivity index (χ3v) is 6.60. The van der Waals surface area contributed by atoms with E-state index in [0.29, 0.717) is 48.6 Å². The summed E-state index contributed by atoms with van der Waals surface area (Å²) in [5, 5.41) is 19.5. The van der Waals surface area contributed by atoms with E-state index in [1.807, 2.05) is 31.3 Å². The molecule has 2 aliphatic rings. The van der Waals surface area contributed by atoms with Crippen LogP contribution in [0.1, 0.15) is 21.5 Å². The number of anilines is 2. The molecule has 0 bridgehead atoms. The zero-order chi connectivity index (χ0) is 26.6. The molecular formula is C25H29N9O4. The molecule has 13 nitrogen and oxygen atoms in total. The van der Waals surface area contributed by atoms with Gasteiger partial charge in [-0.3, -0.25) is 4.79 Å². The molecule has 2 aliphatic heterocycles. The predicted molar refractivity (Wildman–Crippen MR) is 141 cm³/mol. The van der Waals surface area contributed by atoms with Crippen molar-refractivity contribution in [2.45, 2.75) is 13.0 Å². The second-order valence-electron chi connectivity index (χ2n) is 9.06. The lowest BCUT2D eigenvalue weighted by Gasteiger charge is -2.34. The first-order chi connectivity index (χ1) is 18.5. The van der Waals surface area contributed by atoms with Crippen molar-refractivity contribution in [1.29, 1.82) is 0 Å². The lowest BCUT2D eigenvalue weighted by atomic mass is 10.1. The number of amidine groups is 1. The van der Waals surface area contributed by atoms with Gasteiger partial charge in [0.25, 0.3) is 5.91 Å². The van der Waals surface area contributed by atoms with Gasteiger partial charge in [0.05, 0.1) is 62.6 Å². The lowest BCUT2D eigenvalue weighted by molar-refractivity contribution is 0.0885. The van der Waals surface area contributed by atoms with Crippen molar-refractivity contribution in [1.82, 2.24) is 14.5 Å². The highest BCUT2D eigenvalue weighted by Gasteiger charge is 2.31. The van der Waals surface area contributed by atoms with Gasteiger partial charge in [-0.1, -0.05) is 12.1 Å². The molecule has 3 aromatic rings. The minimum atomic E-state index is -0.396. The number of methoxy groups -OCH3 is 1. The molecule has 4 heterocycles. The van der Waals surface area contributed by atoms with E-state index in [-0.39, 0.29) is 17.8 Å². The number of nitrogens with one attached hydrogen (secondary N) is 1. The van der Waals surface area contributed by atoms with Crippen LogP contribution in [0.5, 0.6) is 0 Å². The Hall–Kier alpha value is -4.52. The summed E-state index contributed by atoms with van der Waals surface area (Å²) in [6.07, 6.45) is 3.08. The maximum atomic E-state index is 13.2. The van der Waals surface area contributed by atoms with Crippen LogP contribution in [0, 0.1) is 6.92 Å². The van der Waals surface area contributed by atoms with Crippen molar-refractivity contribution in [3.63, 3.8) is 0 Å². The smallest absolute Gasteiger partial charge is 0.409 e. The fourth-order valence-electron chi connectivity index (χ4n) is 4.34. The van der Waals surface area contributed by atoms with Gasteiger partial charge < -0.3 is 30.4 Å². The lowest BCUT2D eigenvalue weighted by Crippen LogP contribution is -2.52. The highest BCUT2D eigenvalue weighted by Crippen LogP contribution is 2.23. The summed E-state index contributed by atoms with van der Waals surface area (Å²) >= 11 is 0. The van der Waals surface area contributed by atoms with E-state index in [2.05, 4.69) is 35.4 Å². The first kappa shape index (κ1) is 25.1. The van der Waals surface area contributed by atoms with Gasteiger partial charge in [-0.2, -0.15) is 15.3 Å². The van der Waals surface area contributed by atoms with Crippen LogP contribution in [-0.2, 0) is 9.47 Å². The number of fused-ring (bicyclic) bond motifs is 1. The standard InChI is InChI=1S/C25H29N9O4/c1-16-3-4-17(23(29-26)31-30-18-13-33(14-18)25(36)37-2)11-21(16)28-24(35)20-12-27-34-15-19(5-6-22(20)34)32-7-9-38-10-8-32/h3-6,11-12,15,18H,7-10,13-14,26H2,1-2H3,(H,28,35)/b29-23-,31-30?. The first-order valence-corrected chi connectivity index (χ1v) is 12.2. The monoisotopic (exact) mass is 519 g/mol. The average molecular weight is 520 g/mol. The third-order valence-electron chi connectivity index (χ3n) is 6.60. The number of hydrazone groups is 1. The fourth-order valence-corrected chi connectivity index (χ4v) is 4.34. The maximum Gasteiger partial charge on any atom is 0.409 e. The summed E-state index contributed by atoms with van der Waals surface area (Å²) in [6.45, 7) is 5.73. The van der Waals surface area contributed by atoms with Crippen LogP contribution in [0.25, 0.3) is 5.52 Å². The Morgan fingerprint density at radius 2 is 1.97 bits per heavy atom. The zero-order valence-electron chi connectivity index (χ0n) is 21.2. The van der Waals surface area contributed by atoms with Gasteiger partial charge in [-0.05, 0) is 30.7 Å². The molecule has 0 radical (unpaired) electrons. The van der Waals surface area contributed by atoms with Gasteiger partial charge in [-0.25, -0.2) is 9.31 Å². The Morgan fingerprint density at radius 3 is 2.71 bits per heavy atom. The van der Waals surface area contributed by atoms with E-state index in [1.165, 1.54) is 12.0 Å². The van der Waals surface area contributed by atoms with Crippen molar-refractivity contribution in [3.05, 3.63) is 59.4 Å². The van der Waals surface area contributed by atoms with Crippen LogP contribution in [0.2, 0.25) is 0 Å². The Bertz CT molecular complexity index is 1410. The van der Waals surface area contributed by atoms with Gasteiger partial charge in [0, 0.05) is 24.3 Å². The van der Waals surface area contributed by atoms with E-state index in [0.717, 1.165) is 24.3 Å².